The number of fused-ring (bicyclic) bond motifs is 1. The summed E-state index contributed by atoms with van der Waals surface area (Å²) in [5.74, 6) is 1.14. The van der Waals surface area contributed by atoms with Gasteiger partial charge in [0.25, 0.3) is 10.0 Å². The third-order valence-corrected chi connectivity index (χ3v) is 11.1. The number of thioether (sulfide) groups is 1. The summed E-state index contributed by atoms with van der Waals surface area (Å²) in [5.41, 5.74) is 4.57. The van der Waals surface area contributed by atoms with Crippen LogP contribution in [0, 0.1) is 0 Å². The van der Waals surface area contributed by atoms with Gasteiger partial charge in [-0.25, -0.2) is 13.4 Å². The highest BCUT2D eigenvalue weighted by Crippen LogP contribution is 2.30. The monoisotopic (exact) mass is 778 g/mol. The molecule has 7 rings (SSSR count). The minimum atomic E-state index is -3.94. The number of methoxy groups -OCH3 is 1. The maximum absolute atomic E-state index is 13.4. The molecule has 11 nitrogen and oxygen atoms in total. The molecule has 0 aliphatic heterocycles. The van der Waals surface area contributed by atoms with Gasteiger partial charge in [-0.2, -0.15) is 0 Å². The van der Waals surface area contributed by atoms with E-state index in [1.807, 2.05) is 81.9 Å². The topological polar surface area (TPSA) is 130 Å². The number of esters is 1. The van der Waals surface area contributed by atoms with E-state index in [4.69, 9.17) is 26.1 Å². The van der Waals surface area contributed by atoms with Gasteiger partial charge >= 0.3 is 5.97 Å². The molecule has 1 unspecified atom stereocenters. The minimum Gasteiger partial charge on any atom is -0.497 e. The summed E-state index contributed by atoms with van der Waals surface area (Å²) in [6, 6.07) is 38.4. The zero-order valence-corrected chi connectivity index (χ0v) is 31.7. The predicted octanol–water partition coefficient (Wildman–Crippen LogP) is 8.25. The lowest BCUT2D eigenvalue weighted by Crippen LogP contribution is -2.16. The van der Waals surface area contributed by atoms with Crippen LogP contribution in [0.25, 0.3) is 22.4 Å². The normalized spacial score (nSPS) is 12.1. The number of benzene rings is 5. The molecular weight excluding hydrogens is 744 g/mol. The predicted molar refractivity (Wildman–Crippen MR) is 210 cm³/mol. The molecule has 0 saturated carbocycles. The number of hydrogen-bond donors (Lipinski definition) is 1. The number of nitrogens with zero attached hydrogens (tertiary/aromatic N) is 5. The fraction of sp³-hybridized carbons (Fsp3) is 0.150. The van der Waals surface area contributed by atoms with Crippen LogP contribution in [-0.4, -0.2) is 51.6 Å². The van der Waals surface area contributed by atoms with Crippen molar-refractivity contribution in [1.82, 2.24) is 24.3 Å². The Kier molecular flexibility index (Phi) is 11.0. The largest absolute Gasteiger partial charge is 0.497 e. The highest BCUT2D eigenvalue weighted by molar-refractivity contribution is 7.99. The van der Waals surface area contributed by atoms with Crippen molar-refractivity contribution in [1.29, 1.82) is 0 Å². The molecule has 274 valence electrons. The number of sulfonamides is 1. The summed E-state index contributed by atoms with van der Waals surface area (Å²) in [6.45, 7) is 2.72. The maximum Gasteiger partial charge on any atom is 0.317 e. The fourth-order valence-corrected chi connectivity index (χ4v) is 7.96. The Morgan fingerprint density at radius 2 is 1.52 bits per heavy atom. The van der Waals surface area contributed by atoms with Gasteiger partial charge in [0.2, 0.25) is 0 Å². The van der Waals surface area contributed by atoms with Crippen LogP contribution in [0.1, 0.15) is 30.0 Å². The zero-order valence-electron chi connectivity index (χ0n) is 29.3. The lowest BCUT2D eigenvalue weighted by molar-refractivity contribution is -0.145. The number of nitrogens with one attached hydrogen (secondary N) is 1. The van der Waals surface area contributed by atoms with Gasteiger partial charge in [0.1, 0.15) is 5.75 Å². The Labute approximate surface area is 322 Å². The first-order valence-corrected chi connectivity index (χ1v) is 19.8. The van der Waals surface area contributed by atoms with Crippen LogP contribution < -0.4 is 9.46 Å². The summed E-state index contributed by atoms with van der Waals surface area (Å²) in [5, 5.41) is 9.93. The van der Waals surface area contributed by atoms with Crippen LogP contribution in [-0.2, 0) is 32.6 Å². The molecule has 0 amide bonds. The second kappa shape index (κ2) is 16.2. The molecule has 0 saturated heterocycles. The number of carbonyl (C=O) groups excluding carboxylic acids is 1. The van der Waals surface area contributed by atoms with Crippen LogP contribution in [0.5, 0.6) is 5.75 Å². The van der Waals surface area contributed by atoms with Crippen molar-refractivity contribution in [2.75, 3.05) is 17.6 Å². The molecule has 0 aliphatic rings. The first-order chi connectivity index (χ1) is 26.2. The van der Waals surface area contributed by atoms with E-state index in [9.17, 15) is 13.2 Å². The molecule has 7 aromatic rings. The molecule has 1 atom stereocenters. The molecule has 1 N–H and O–H groups in total. The third-order valence-electron chi connectivity index (χ3n) is 8.56. The van der Waals surface area contributed by atoms with E-state index in [0.717, 1.165) is 16.6 Å². The van der Waals surface area contributed by atoms with Crippen molar-refractivity contribution in [3.8, 4) is 17.1 Å². The summed E-state index contributed by atoms with van der Waals surface area (Å²) >= 11 is 7.48. The van der Waals surface area contributed by atoms with E-state index in [1.54, 1.807) is 62.6 Å². The van der Waals surface area contributed by atoms with Gasteiger partial charge in [0, 0.05) is 22.8 Å². The smallest absolute Gasteiger partial charge is 0.317 e. The molecular formula is C40H35ClN6O5S2. The van der Waals surface area contributed by atoms with Crippen molar-refractivity contribution in [2.24, 2.45) is 0 Å². The Morgan fingerprint density at radius 1 is 0.833 bits per heavy atom. The van der Waals surface area contributed by atoms with E-state index in [0.29, 0.717) is 57.4 Å². The molecule has 0 fully saturated rings. The minimum absolute atomic E-state index is 0.0532. The van der Waals surface area contributed by atoms with Crippen LogP contribution in [0.4, 0.5) is 5.69 Å². The number of halogens is 1. The molecule has 0 bridgehead atoms. The number of ether oxygens (including phenoxy) is 2. The lowest BCUT2D eigenvalue weighted by Gasteiger charge is -2.16. The van der Waals surface area contributed by atoms with Crippen LogP contribution >= 0.6 is 23.4 Å². The first-order valence-electron chi connectivity index (χ1n) is 16.9. The van der Waals surface area contributed by atoms with Crippen LogP contribution in [0.2, 0.25) is 5.02 Å². The van der Waals surface area contributed by atoms with Crippen LogP contribution in [0.15, 0.2) is 137 Å². The molecule has 0 aliphatic carbocycles. The number of rotatable bonds is 14. The Balaban J connectivity index is 1.11. The molecule has 14 heteroatoms. The highest BCUT2D eigenvalue weighted by Gasteiger charge is 2.23. The fourth-order valence-electron chi connectivity index (χ4n) is 5.96. The van der Waals surface area contributed by atoms with E-state index in [1.165, 1.54) is 17.8 Å². The number of aromatic nitrogens is 5. The van der Waals surface area contributed by atoms with Gasteiger partial charge < -0.3 is 14.0 Å². The summed E-state index contributed by atoms with van der Waals surface area (Å²) in [4.78, 5) is 18.2. The second-order valence-corrected chi connectivity index (χ2v) is 15.4. The summed E-state index contributed by atoms with van der Waals surface area (Å²) < 4.78 is 44.5. The maximum atomic E-state index is 13.4. The van der Waals surface area contributed by atoms with Crippen molar-refractivity contribution in [2.45, 2.75) is 36.2 Å². The molecule has 0 radical (unpaired) electrons. The van der Waals surface area contributed by atoms with E-state index in [2.05, 4.69) is 14.9 Å². The zero-order chi connectivity index (χ0) is 37.7. The van der Waals surface area contributed by atoms with Gasteiger partial charge in [0.15, 0.2) is 22.9 Å². The van der Waals surface area contributed by atoms with Gasteiger partial charge in [-0.1, -0.05) is 96.2 Å². The number of anilines is 1. The van der Waals surface area contributed by atoms with Crippen LogP contribution in [0.3, 0.4) is 0 Å². The van der Waals surface area contributed by atoms with Gasteiger partial charge in [-0.15, -0.1) is 10.2 Å². The Morgan fingerprint density at radius 3 is 2.20 bits per heavy atom. The first kappa shape index (κ1) is 36.7. The average molecular weight is 779 g/mol. The summed E-state index contributed by atoms with van der Waals surface area (Å²) in [7, 11) is -2.40. The molecule has 54 heavy (non-hydrogen) atoms. The number of carbonyl (C=O) groups is 1. The lowest BCUT2D eigenvalue weighted by atomic mass is 10.2. The standard InChI is InChI=1S/C40H35ClN6O5S2/c1-27(38-42-35-23-31(41)16-21-36(35)46(38)24-28-10-5-3-6-11-28)52-37(48)26-53-40-44-43-39(47(40)25-29-12-7-4-8-13-29)30-14-9-15-34(22-30)54(49,50)45-32-17-19-33(51-2)20-18-32/h3-23,27,45H,24-26H2,1-2H3. The van der Waals surface area contributed by atoms with Gasteiger partial charge in [-0.3, -0.25) is 14.1 Å². The Hall–Kier alpha value is -5.63. The average Bonchev–Trinajstić information content (AvgIpc) is 3.75. The van der Waals surface area contributed by atoms with Crippen molar-refractivity contribution in [3.05, 3.63) is 149 Å². The van der Waals surface area contributed by atoms with Crippen molar-refractivity contribution >= 4 is 56.1 Å². The number of imidazole rings is 1. The van der Waals surface area contributed by atoms with E-state index in [-0.39, 0.29) is 10.6 Å². The second-order valence-electron chi connectivity index (χ2n) is 12.3. The Bertz CT molecular complexity index is 2510. The van der Waals surface area contributed by atoms with Gasteiger partial charge in [-0.05, 0) is 72.6 Å². The molecule has 0 spiro atoms. The van der Waals surface area contributed by atoms with E-state index >= 15 is 0 Å². The van der Waals surface area contributed by atoms with Crippen molar-refractivity contribution < 1.29 is 22.7 Å². The van der Waals surface area contributed by atoms with Gasteiger partial charge in [0.05, 0.1) is 35.3 Å². The van der Waals surface area contributed by atoms with E-state index < -0.39 is 22.1 Å². The molecule has 2 aromatic heterocycles. The molecule has 2 heterocycles. The quantitative estimate of drug-likeness (QED) is 0.0857. The number of hydrogen-bond acceptors (Lipinski definition) is 9. The molecule has 5 aromatic carbocycles. The third kappa shape index (κ3) is 8.44. The van der Waals surface area contributed by atoms with Crippen molar-refractivity contribution in [3.63, 3.8) is 0 Å². The summed E-state index contributed by atoms with van der Waals surface area (Å²) in [6.07, 6.45) is -0.665. The SMILES string of the molecule is COc1ccc(NS(=O)(=O)c2cccc(-c3nnc(SCC(=O)OC(C)c4nc5cc(Cl)ccc5n4Cc4ccccc4)n3Cc3ccccc3)c2)cc1. The highest BCUT2D eigenvalue weighted by atomic mass is 35.5.